The molecular formula is C14H27N3O3. The molecule has 0 radical (unpaired) electrons. The highest BCUT2D eigenvalue weighted by molar-refractivity contribution is 5.68. The van der Waals surface area contributed by atoms with Crippen molar-refractivity contribution < 1.29 is 14.3 Å². The van der Waals surface area contributed by atoms with E-state index in [-0.39, 0.29) is 12.1 Å². The van der Waals surface area contributed by atoms with Crippen LogP contribution >= 0.6 is 0 Å². The molecule has 0 aromatic carbocycles. The third-order valence-corrected chi connectivity index (χ3v) is 3.55. The predicted molar refractivity (Wildman–Crippen MR) is 76.9 cm³/mol. The number of nitrogens with one attached hydrogen (secondary N) is 1. The number of nitrogens with zero attached hydrogens (tertiary/aromatic N) is 2. The summed E-state index contributed by atoms with van der Waals surface area (Å²) in [4.78, 5) is 16.5. The second-order valence-corrected chi connectivity index (χ2v) is 6.44. The van der Waals surface area contributed by atoms with Crippen molar-refractivity contribution in [2.75, 3.05) is 52.5 Å². The van der Waals surface area contributed by atoms with Crippen LogP contribution in [-0.4, -0.2) is 80.0 Å². The highest BCUT2D eigenvalue weighted by Crippen LogP contribution is 2.14. The maximum Gasteiger partial charge on any atom is 0.410 e. The van der Waals surface area contributed by atoms with Crippen LogP contribution in [0.1, 0.15) is 20.8 Å². The summed E-state index contributed by atoms with van der Waals surface area (Å²) >= 11 is 0. The number of piperazine rings is 1. The predicted octanol–water partition coefficient (Wildman–Crippen LogP) is 0.528. The van der Waals surface area contributed by atoms with Gasteiger partial charge in [0.2, 0.25) is 0 Å². The zero-order valence-electron chi connectivity index (χ0n) is 12.9. The first-order valence-electron chi connectivity index (χ1n) is 7.46. The first kappa shape index (κ1) is 15.5. The normalized spacial score (nSPS) is 25.6. The van der Waals surface area contributed by atoms with Gasteiger partial charge in [0.15, 0.2) is 0 Å². The maximum atomic E-state index is 12.3. The number of amides is 1. The first-order valence-corrected chi connectivity index (χ1v) is 7.46. The highest BCUT2D eigenvalue weighted by atomic mass is 16.6. The Hall–Kier alpha value is -0.850. The Morgan fingerprint density at radius 1 is 1.30 bits per heavy atom. The topological polar surface area (TPSA) is 54.0 Å². The molecule has 1 amide bonds. The molecule has 2 fully saturated rings. The van der Waals surface area contributed by atoms with E-state index in [1.807, 2.05) is 25.7 Å². The second-order valence-electron chi connectivity index (χ2n) is 6.44. The van der Waals surface area contributed by atoms with Gasteiger partial charge in [-0.25, -0.2) is 4.79 Å². The average molecular weight is 285 g/mol. The minimum atomic E-state index is -0.439. The van der Waals surface area contributed by atoms with Crippen molar-refractivity contribution in [2.45, 2.75) is 32.4 Å². The summed E-state index contributed by atoms with van der Waals surface area (Å²) in [7, 11) is 0. The van der Waals surface area contributed by atoms with Crippen molar-refractivity contribution in [3.05, 3.63) is 0 Å². The number of morpholine rings is 1. The van der Waals surface area contributed by atoms with Gasteiger partial charge in [0, 0.05) is 39.3 Å². The van der Waals surface area contributed by atoms with Crippen LogP contribution in [0.3, 0.4) is 0 Å². The van der Waals surface area contributed by atoms with Crippen LogP contribution in [0.5, 0.6) is 0 Å². The van der Waals surface area contributed by atoms with Gasteiger partial charge >= 0.3 is 6.09 Å². The Morgan fingerprint density at radius 3 is 2.65 bits per heavy atom. The van der Waals surface area contributed by atoms with Crippen LogP contribution in [0.25, 0.3) is 0 Å². The number of carbonyl (C=O) groups excluding carboxylic acids is 1. The van der Waals surface area contributed by atoms with E-state index in [2.05, 4.69) is 10.2 Å². The van der Waals surface area contributed by atoms with Crippen molar-refractivity contribution in [1.29, 1.82) is 0 Å². The molecule has 6 nitrogen and oxygen atoms in total. The standard InChI is InChI=1S/C14H27N3O3/c1-14(2,3)20-13(18)17-5-4-15-10-12(17)11-16-6-8-19-9-7-16/h12,15H,4-11H2,1-3H3. The molecule has 0 bridgehead atoms. The fourth-order valence-corrected chi connectivity index (χ4v) is 2.57. The number of hydrogen-bond donors (Lipinski definition) is 1. The van der Waals surface area contributed by atoms with Crippen molar-refractivity contribution >= 4 is 6.09 Å². The molecule has 0 aromatic heterocycles. The maximum absolute atomic E-state index is 12.3. The van der Waals surface area contributed by atoms with E-state index >= 15 is 0 Å². The number of hydrogen-bond acceptors (Lipinski definition) is 5. The molecule has 20 heavy (non-hydrogen) atoms. The molecule has 116 valence electrons. The van der Waals surface area contributed by atoms with Gasteiger partial charge in [0.1, 0.15) is 5.60 Å². The molecule has 6 heteroatoms. The lowest BCUT2D eigenvalue weighted by Crippen LogP contribution is -2.59. The first-order chi connectivity index (χ1) is 9.46. The fraction of sp³-hybridized carbons (Fsp3) is 0.929. The van der Waals surface area contributed by atoms with Gasteiger partial charge in [-0.3, -0.25) is 4.90 Å². The minimum absolute atomic E-state index is 0.177. The molecule has 2 heterocycles. The fourth-order valence-electron chi connectivity index (χ4n) is 2.57. The Kier molecular flexibility index (Phi) is 5.23. The van der Waals surface area contributed by atoms with Gasteiger partial charge in [0.25, 0.3) is 0 Å². The SMILES string of the molecule is CC(C)(C)OC(=O)N1CCNCC1CN1CCOCC1. The Labute approximate surface area is 121 Å². The lowest BCUT2D eigenvalue weighted by Gasteiger charge is -2.40. The molecule has 2 aliphatic heterocycles. The summed E-state index contributed by atoms with van der Waals surface area (Å²) in [6.07, 6.45) is -0.197. The number of carbonyl (C=O) groups is 1. The van der Waals surface area contributed by atoms with Crippen molar-refractivity contribution in [1.82, 2.24) is 15.1 Å². The third-order valence-electron chi connectivity index (χ3n) is 3.55. The second kappa shape index (κ2) is 6.74. The van der Waals surface area contributed by atoms with E-state index in [4.69, 9.17) is 9.47 Å². The Balaban J connectivity index is 1.92. The van der Waals surface area contributed by atoms with Crippen LogP contribution < -0.4 is 5.32 Å². The summed E-state index contributed by atoms with van der Waals surface area (Å²) in [5, 5.41) is 3.36. The van der Waals surface area contributed by atoms with Gasteiger partial charge in [-0.15, -0.1) is 0 Å². The summed E-state index contributed by atoms with van der Waals surface area (Å²) in [6.45, 7) is 12.4. The van der Waals surface area contributed by atoms with Gasteiger partial charge in [-0.2, -0.15) is 0 Å². The van der Waals surface area contributed by atoms with Gasteiger partial charge in [0.05, 0.1) is 19.3 Å². The molecule has 0 saturated carbocycles. The van der Waals surface area contributed by atoms with Crippen LogP contribution in [0.15, 0.2) is 0 Å². The largest absolute Gasteiger partial charge is 0.444 e. The molecule has 2 rings (SSSR count). The number of rotatable bonds is 2. The smallest absolute Gasteiger partial charge is 0.410 e. The molecule has 2 aliphatic rings. The van der Waals surface area contributed by atoms with E-state index in [9.17, 15) is 4.79 Å². The summed E-state index contributed by atoms with van der Waals surface area (Å²) in [5.41, 5.74) is -0.439. The van der Waals surface area contributed by atoms with Gasteiger partial charge in [-0.05, 0) is 20.8 Å². The zero-order chi connectivity index (χ0) is 14.6. The zero-order valence-corrected chi connectivity index (χ0v) is 12.9. The van der Waals surface area contributed by atoms with Crippen molar-refractivity contribution in [3.8, 4) is 0 Å². The van der Waals surface area contributed by atoms with Crippen LogP contribution in [-0.2, 0) is 9.47 Å². The van der Waals surface area contributed by atoms with E-state index in [1.54, 1.807) is 0 Å². The molecule has 0 aromatic rings. The molecule has 0 spiro atoms. The molecule has 1 atom stereocenters. The third kappa shape index (κ3) is 4.61. The molecule has 1 N–H and O–H groups in total. The molecular weight excluding hydrogens is 258 g/mol. The molecule has 2 saturated heterocycles. The van der Waals surface area contributed by atoms with E-state index in [1.165, 1.54) is 0 Å². The van der Waals surface area contributed by atoms with Crippen LogP contribution in [0, 0.1) is 0 Å². The van der Waals surface area contributed by atoms with Crippen molar-refractivity contribution in [2.24, 2.45) is 0 Å². The van der Waals surface area contributed by atoms with E-state index in [0.29, 0.717) is 6.54 Å². The lowest BCUT2D eigenvalue weighted by molar-refractivity contribution is -0.00404. The minimum Gasteiger partial charge on any atom is -0.444 e. The monoisotopic (exact) mass is 285 g/mol. The average Bonchev–Trinajstić information content (AvgIpc) is 2.38. The Morgan fingerprint density at radius 2 is 2.00 bits per heavy atom. The summed E-state index contributed by atoms with van der Waals surface area (Å²) in [5.74, 6) is 0. The summed E-state index contributed by atoms with van der Waals surface area (Å²) < 4.78 is 10.9. The number of ether oxygens (including phenoxy) is 2. The Bertz CT molecular complexity index is 324. The lowest BCUT2D eigenvalue weighted by atomic mass is 10.1. The van der Waals surface area contributed by atoms with Crippen LogP contribution in [0.2, 0.25) is 0 Å². The van der Waals surface area contributed by atoms with E-state index in [0.717, 1.165) is 45.9 Å². The van der Waals surface area contributed by atoms with E-state index < -0.39 is 5.60 Å². The highest BCUT2D eigenvalue weighted by Gasteiger charge is 2.31. The van der Waals surface area contributed by atoms with Crippen molar-refractivity contribution in [3.63, 3.8) is 0 Å². The van der Waals surface area contributed by atoms with Crippen LogP contribution in [0.4, 0.5) is 4.79 Å². The molecule has 0 aliphatic carbocycles. The summed E-state index contributed by atoms with van der Waals surface area (Å²) in [6, 6.07) is 0.177. The quantitative estimate of drug-likeness (QED) is 0.802. The van der Waals surface area contributed by atoms with Gasteiger partial charge < -0.3 is 19.7 Å². The molecule has 1 unspecified atom stereocenters. The van der Waals surface area contributed by atoms with Gasteiger partial charge in [-0.1, -0.05) is 0 Å².